The van der Waals surface area contributed by atoms with Crippen molar-refractivity contribution in [1.29, 1.82) is 0 Å². The molecule has 4 aromatic rings. The van der Waals surface area contributed by atoms with E-state index in [9.17, 15) is 18.0 Å². The second-order valence-electron chi connectivity index (χ2n) is 8.03. The molecule has 0 bridgehead atoms. The first kappa shape index (κ1) is 27.6. The Hall–Kier alpha value is -4.45. The Kier molecular flexibility index (Phi) is 9.10. The average molecular weight is 567 g/mol. The van der Waals surface area contributed by atoms with E-state index in [1.54, 1.807) is 30.3 Å². The number of anilines is 1. The number of nitrogens with zero attached hydrogens (tertiary/aromatic N) is 1. The molecule has 10 nitrogen and oxygen atoms in total. The van der Waals surface area contributed by atoms with Crippen LogP contribution in [0.3, 0.4) is 0 Å². The number of amides is 2. The molecule has 0 aliphatic heterocycles. The summed E-state index contributed by atoms with van der Waals surface area (Å²) < 4.78 is 38.3. The fourth-order valence-corrected chi connectivity index (χ4v) is 4.31. The number of carbonyl (C=O) groups excluding carboxylic acids is 2. The van der Waals surface area contributed by atoms with E-state index in [4.69, 9.17) is 20.8 Å². The van der Waals surface area contributed by atoms with Gasteiger partial charge in [-0.15, -0.1) is 0 Å². The van der Waals surface area contributed by atoms with Crippen LogP contribution in [0.25, 0.3) is 0 Å². The molecule has 12 heteroatoms. The molecule has 1 heterocycles. The van der Waals surface area contributed by atoms with Gasteiger partial charge in [0.15, 0.2) is 0 Å². The molecule has 200 valence electrons. The topological polar surface area (TPSA) is 139 Å². The van der Waals surface area contributed by atoms with Gasteiger partial charge in [0, 0.05) is 10.7 Å². The monoisotopic (exact) mass is 566 g/mol. The number of hydrogen-bond donors (Lipinski definition) is 3. The third-order valence-electron chi connectivity index (χ3n) is 5.17. The molecule has 0 radical (unpaired) electrons. The molecule has 3 aromatic carbocycles. The minimum Gasteiger partial charge on any atom is -0.489 e. The van der Waals surface area contributed by atoms with Crippen LogP contribution in [0.5, 0.6) is 5.75 Å². The number of rotatable bonds is 10. The van der Waals surface area contributed by atoms with E-state index >= 15 is 0 Å². The zero-order valence-electron chi connectivity index (χ0n) is 20.3. The second kappa shape index (κ2) is 12.9. The van der Waals surface area contributed by atoms with Crippen LogP contribution >= 0.6 is 11.6 Å². The molecule has 1 aromatic heterocycles. The van der Waals surface area contributed by atoms with Gasteiger partial charge in [0.2, 0.25) is 10.0 Å². The van der Waals surface area contributed by atoms with Gasteiger partial charge in [-0.25, -0.2) is 18.6 Å². The van der Waals surface area contributed by atoms with Crippen molar-refractivity contribution in [2.75, 3.05) is 5.32 Å². The van der Waals surface area contributed by atoms with Crippen molar-refractivity contribution in [2.24, 2.45) is 5.10 Å². The summed E-state index contributed by atoms with van der Waals surface area (Å²) in [5.41, 5.74) is 3.53. The first-order valence-corrected chi connectivity index (χ1v) is 13.4. The lowest BCUT2D eigenvalue weighted by Gasteiger charge is -2.08. The van der Waals surface area contributed by atoms with Gasteiger partial charge in [0.1, 0.15) is 23.9 Å². The fourth-order valence-electron chi connectivity index (χ4n) is 3.19. The van der Waals surface area contributed by atoms with Gasteiger partial charge < -0.3 is 14.5 Å². The zero-order chi connectivity index (χ0) is 27.7. The molecule has 0 spiro atoms. The molecule has 0 fully saturated rings. The number of benzene rings is 3. The molecule has 0 saturated heterocycles. The first-order chi connectivity index (χ1) is 18.8. The van der Waals surface area contributed by atoms with Crippen LogP contribution in [0, 0.1) is 0 Å². The maximum absolute atomic E-state index is 12.4. The number of hydrazone groups is 1. The molecular weight excluding hydrogens is 544 g/mol. The van der Waals surface area contributed by atoms with E-state index in [0.717, 1.165) is 5.56 Å². The summed E-state index contributed by atoms with van der Waals surface area (Å²) in [5.74, 6) is -0.738. The normalized spacial score (nSPS) is 11.3. The first-order valence-electron chi connectivity index (χ1n) is 11.5. The van der Waals surface area contributed by atoms with Crippen molar-refractivity contribution in [3.8, 4) is 5.75 Å². The van der Waals surface area contributed by atoms with Crippen molar-refractivity contribution < 1.29 is 27.2 Å². The molecule has 3 N–H and O–H groups in total. The highest BCUT2D eigenvalue weighted by atomic mass is 35.5. The summed E-state index contributed by atoms with van der Waals surface area (Å²) in [6.07, 6.45) is 1.18. The average Bonchev–Trinajstić information content (AvgIpc) is 3.40. The number of nitrogens with one attached hydrogen (secondary N) is 3. The van der Waals surface area contributed by atoms with Crippen molar-refractivity contribution in [3.63, 3.8) is 0 Å². The predicted molar refractivity (Wildman–Crippen MR) is 146 cm³/mol. The summed E-state index contributed by atoms with van der Waals surface area (Å²) in [4.78, 5) is 24.3. The highest BCUT2D eigenvalue weighted by molar-refractivity contribution is 7.89. The highest BCUT2D eigenvalue weighted by Gasteiger charge is 2.15. The van der Waals surface area contributed by atoms with Gasteiger partial charge >= 0.3 is 11.8 Å². The fraction of sp³-hybridized carbons (Fsp3) is 0.0741. The van der Waals surface area contributed by atoms with Crippen LogP contribution in [0.4, 0.5) is 5.69 Å². The lowest BCUT2D eigenvalue weighted by Crippen LogP contribution is -2.32. The minimum absolute atomic E-state index is 0.0635. The highest BCUT2D eigenvalue weighted by Crippen LogP contribution is 2.17. The summed E-state index contributed by atoms with van der Waals surface area (Å²) >= 11 is 5.79. The zero-order valence-corrected chi connectivity index (χ0v) is 21.9. The van der Waals surface area contributed by atoms with Crippen molar-refractivity contribution in [2.45, 2.75) is 18.0 Å². The number of sulfonamides is 1. The van der Waals surface area contributed by atoms with Crippen LogP contribution in [0.15, 0.2) is 105 Å². The van der Waals surface area contributed by atoms with Crippen LogP contribution in [0.2, 0.25) is 5.02 Å². The van der Waals surface area contributed by atoms with Gasteiger partial charge in [0.05, 0.1) is 17.7 Å². The van der Waals surface area contributed by atoms with E-state index in [2.05, 4.69) is 20.6 Å². The van der Waals surface area contributed by atoms with E-state index in [1.165, 1.54) is 36.5 Å². The third kappa shape index (κ3) is 8.27. The van der Waals surface area contributed by atoms with Gasteiger partial charge in [-0.05, 0) is 66.2 Å². The van der Waals surface area contributed by atoms with Gasteiger partial charge in [-0.1, -0.05) is 41.9 Å². The summed E-state index contributed by atoms with van der Waals surface area (Å²) in [7, 11) is -3.76. The van der Waals surface area contributed by atoms with Crippen molar-refractivity contribution in [3.05, 3.63) is 113 Å². The molecule has 39 heavy (non-hydrogen) atoms. The number of furan rings is 1. The number of ether oxygens (including phenoxy) is 1. The Morgan fingerprint density at radius 3 is 2.33 bits per heavy atom. The molecule has 0 saturated carbocycles. The number of hydrogen-bond acceptors (Lipinski definition) is 7. The summed E-state index contributed by atoms with van der Waals surface area (Å²) in [6.45, 7) is 0.298. The molecule has 0 aliphatic carbocycles. The number of carbonyl (C=O) groups is 2. The predicted octanol–water partition coefficient (Wildman–Crippen LogP) is 4.08. The Bertz CT molecular complexity index is 1550. The minimum atomic E-state index is -3.76. The van der Waals surface area contributed by atoms with Gasteiger partial charge in [-0.3, -0.25) is 9.59 Å². The lowest BCUT2D eigenvalue weighted by atomic mass is 10.2. The van der Waals surface area contributed by atoms with Crippen molar-refractivity contribution >= 4 is 45.3 Å². The van der Waals surface area contributed by atoms with E-state index in [0.29, 0.717) is 28.8 Å². The Morgan fingerprint density at radius 2 is 1.62 bits per heavy atom. The molecule has 2 amide bonds. The maximum atomic E-state index is 12.4. The molecule has 4 rings (SSSR count). The maximum Gasteiger partial charge on any atom is 0.329 e. The van der Waals surface area contributed by atoms with Gasteiger partial charge in [0.25, 0.3) is 0 Å². The van der Waals surface area contributed by atoms with E-state index < -0.39 is 21.8 Å². The summed E-state index contributed by atoms with van der Waals surface area (Å²) in [6, 6.07) is 25.1. The molecular formula is C27H23ClN4O6S. The van der Waals surface area contributed by atoms with Crippen LogP contribution in [-0.2, 0) is 32.8 Å². The standard InChI is InChI=1S/C27H23ClN4O6S/c28-20-6-14-25(15-7-20)39(35,36)30-17-24-13-12-23(38-24)16-29-32-27(34)26(33)31-21-8-10-22(11-9-21)37-18-19-4-2-1-3-5-19/h1-16,30H,17-18H2,(H,31,33)(H,32,34)/b29-16+. The van der Waals surface area contributed by atoms with Crippen LogP contribution < -0.4 is 20.2 Å². The molecule has 0 unspecified atom stereocenters. The molecule has 0 aliphatic rings. The quantitative estimate of drug-likeness (QED) is 0.150. The lowest BCUT2D eigenvalue weighted by molar-refractivity contribution is -0.136. The van der Waals surface area contributed by atoms with Crippen LogP contribution in [-0.4, -0.2) is 26.4 Å². The van der Waals surface area contributed by atoms with E-state index in [1.807, 2.05) is 30.3 Å². The Labute approximate surface area is 229 Å². The Morgan fingerprint density at radius 1 is 0.897 bits per heavy atom. The largest absolute Gasteiger partial charge is 0.489 e. The molecule has 0 atom stereocenters. The Balaban J connectivity index is 1.21. The smallest absolute Gasteiger partial charge is 0.329 e. The van der Waals surface area contributed by atoms with Gasteiger partial charge in [-0.2, -0.15) is 5.10 Å². The SMILES string of the molecule is O=C(N/N=C/c1ccc(CNS(=O)(=O)c2ccc(Cl)cc2)o1)C(=O)Nc1ccc(OCc2ccccc2)cc1. The second-order valence-corrected chi connectivity index (χ2v) is 10.2. The van der Waals surface area contributed by atoms with Crippen molar-refractivity contribution in [1.82, 2.24) is 10.1 Å². The third-order valence-corrected chi connectivity index (χ3v) is 6.84. The van der Waals surface area contributed by atoms with E-state index in [-0.39, 0.29) is 17.2 Å². The summed E-state index contributed by atoms with van der Waals surface area (Å²) in [5, 5.41) is 6.59. The van der Waals surface area contributed by atoms with Crippen LogP contribution in [0.1, 0.15) is 17.1 Å². The number of halogens is 1.